The molecule has 40 heavy (non-hydrogen) atoms. The van der Waals surface area contributed by atoms with Crippen molar-refractivity contribution in [1.29, 1.82) is 0 Å². The molecule has 0 amide bonds. The van der Waals surface area contributed by atoms with Gasteiger partial charge >= 0.3 is 24.6 Å². The Labute approximate surface area is 222 Å². The molecule has 226 valence electrons. The highest BCUT2D eigenvalue weighted by molar-refractivity contribution is 5.64. The summed E-state index contributed by atoms with van der Waals surface area (Å²) >= 11 is 0. The number of carbonyl (C=O) groups excluding carboxylic acids is 4. The summed E-state index contributed by atoms with van der Waals surface area (Å²) in [6.45, 7) is 2.88. The van der Waals surface area contributed by atoms with E-state index in [2.05, 4.69) is 33.2 Å². The van der Waals surface area contributed by atoms with Crippen molar-refractivity contribution >= 4 is 24.6 Å². The number of benzene rings is 1. The lowest BCUT2D eigenvalue weighted by molar-refractivity contribution is -0.0786. The van der Waals surface area contributed by atoms with Gasteiger partial charge < -0.3 is 43.0 Å². The molecular weight excluding hydrogens is 567 g/mol. The van der Waals surface area contributed by atoms with E-state index in [1.165, 1.54) is 14.0 Å². The fraction of sp³-hybridized carbons (Fsp3) is 0.545. The minimum Gasteiger partial charge on any atom is -0.438 e. The zero-order chi connectivity index (χ0) is 30.7. The van der Waals surface area contributed by atoms with E-state index in [1.807, 2.05) is 0 Å². The van der Waals surface area contributed by atoms with Gasteiger partial charge in [0.15, 0.2) is 0 Å². The molecule has 0 spiro atoms. The van der Waals surface area contributed by atoms with E-state index in [0.717, 1.165) is 7.11 Å². The van der Waals surface area contributed by atoms with Crippen molar-refractivity contribution in [1.82, 2.24) is 0 Å². The summed E-state index contributed by atoms with van der Waals surface area (Å²) in [4.78, 5) is 43.4. The van der Waals surface area contributed by atoms with E-state index < -0.39 is 76.9 Å². The maximum Gasteiger partial charge on any atom is 0.514 e. The molecule has 0 aliphatic carbocycles. The first-order valence-electron chi connectivity index (χ1n) is 10.8. The lowest BCUT2D eigenvalue weighted by atomic mass is 9.94. The lowest BCUT2D eigenvalue weighted by Gasteiger charge is -2.31. The summed E-state index contributed by atoms with van der Waals surface area (Å²) < 4.78 is 102. The number of aliphatic hydroxyl groups is 1. The Morgan fingerprint density at radius 1 is 0.700 bits per heavy atom. The third kappa shape index (κ3) is 9.58. The third-order valence-corrected chi connectivity index (χ3v) is 4.75. The van der Waals surface area contributed by atoms with Crippen LogP contribution in [-0.4, -0.2) is 83.6 Å². The minimum atomic E-state index is -2.39. The fourth-order valence-corrected chi connectivity index (χ4v) is 2.58. The van der Waals surface area contributed by atoms with Gasteiger partial charge in [0, 0.05) is 7.11 Å². The molecule has 2 saturated heterocycles. The second-order valence-electron chi connectivity index (χ2n) is 8.56. The monoisotopic (exact) mass is 592 g/mol. The van der Waals surface area contributed by atoms with Gasteiger partial charge in [-0.3, -0.25) is 0 Å². The van der Waals surface area contributed by atoms with E-state index in [1.54, 1.807) is 6.92 Å². The number of ether oxygens (including phenoxy) is 8. The highest BCUT2D eigenvalue weighted by Gasteiger charge is 2.36. The maximum atomic E-state index is 13.3. The first kappa shape index (κ1) is 33.9. The summed E-state index contributed by atoms with van der Waals surface area (Å²) in [5, 5.41) is 7.00. The van der Waals surface area contributed by atoms with Crippen LogP contribution in [-0.2, 0) is 33.2 Å². The van der Waals surface area contributed by atoms with E-state index >= 15 is 0 Å². The molecule has 0 aromatic heterocycles. The Morgan fingerprint density at radius 2 is 1.02 bits per heavy atom. The number of methoxy groups -OCH3 is 1. The fourth-order valence-electron chi connectivity index (χ4n) is 2.58. The van der Waals surface area contributed by atoms with Crippen LogP contribution in [0.4, 0.5) is 41.1 Å². The van der Waals surface area contributed by atoms with E-state index in [-0.39, 0.29) is 33.0 Å². The number of rotatable bonds is 5. The minimum absolute atomic E-state index is 0.0902. The number of hydrogen-bond acceptors (Lipinski definition) is 13. The Kier molecular flexibility index (Phi) is 12.6. The smallest absolute Gasteiger partial charge is 0.438 e. The normalized spacial score (nSPS) is 16.6. The quantitative estimate of drug-likeness (QED) is 0.132. The maximum absolute atomic E-state index is 13.3. The number of aliphatic hydroxyl groups excluding tert-OH is 1. The van der Waals surface area contributed by atoms with Crippen molar-refractivity contribution in [3.8, 4) is 5.75 Å². The molecule has 0 radical (unpaired) electrons. The van der Waals surface area contributed by atoms with Crippen LogP contribution in [0, 0.1) is 39.9 Å². The molecule has 2 fully saturated rings. The zero-order valence-electron chi connectivity index (χ0n) is 21.5. The van der Waals surface area contributed by atoms with Crippen LogP contribution in [0.1, 0.15) is 13.8 Å². The van der Waals surface area contributed by atoms with Gasteiger partial charge in [-0.05, 0) is 13.8 Å². The largest absolute Gasteiger partial charge is 0.514 e. The average Bonchev–Trinajstić information content (AvgIpc) is 2.96. The van der Waals surface area contributed by atoms with Crippen molar-refractivity contribution in [2.24, 2.45) is 10.8 Å². The van der Waals surface area contributed by atoms with Gasteiger partial charge in [0.05, 0.1) is 17.9 Å². The zero-order valence-corrected chi connectivity index (χ0v) is 21.5. The van der Waals surface area contributed by atoms with Crippen LogP contribution >= 0.6 is 0 Å². The summed E-state index contributed by atoms with van der Waals surface area (Å²) in [6.07, 6.45) is -4.09. The van der Waals surface area contributed by atoms with E-state index in [4.69, 9.17) is 9.84 Å². The van der Waals surface area contributed by atoms with E-state index in [0.29, 0.717) is 0 Å². The van der Waals surface area contributed by atoms with Crippen LogP contribution in [0.25, 0.3) is 0 Å². The van der Waals surface area contributed by atoms with E-state index in [9.17, 15) is 41.1 Å². The molecule has 1 aromatic carbocycles. The Hall–Kier alpha value is -4.09. The summed E-state index contributed by atoms with van der Waals surface area (Å²) in [6, 6.07) is 0. The first-order chi connectivity index (χ1) is 18.7. The van der Waals surface area contributed by atoms with Crippen LogP contribution in [0.15, 0.2) is 0 Å². The van der Waals surface area contributed by atoms with Gasteiger partial charge in [-0.1, -0.05) is 0 Å². The molecule has 1 N–H and O–H groups in total. The topological polar surface area (TPSA) is 162 Å². The Morgan fingerprint density at radius 3 is 1.38 bits per heavy atom. The van der Waals surface area contributed by atoms with Crippen molar-refractivity contribution in [2.75, 3.05) is 53.9 Å². The van der Waals surface area contributed by atoms with Gasteiger partial charge in [-0.15, -0.1) is 0 Å². The van der Waals surface area contributed by atoms with Crippen LogP contribution in [0.3, 0.4) is 0 Å². The van der Waals surface area contributed by atoms with Gasteiger partial charge in [-0.25, -0.2) is 32.3 Å². The van der Waals surface area contributed by atoms with Gasteiger partial charge in [-0.2, -0.15) is 8.78 Å². The standard InChI is InChI=1S/C13H9F5O6.C8H12O6.CH4O/c1-13(2-21-11(19)22-3-13)4-23-12(20)24-10-8(17)6(15)5(14)7(16)9(10)18;1-8(3-12-6(9)11-2)4-13-7(10)14-5-8;1-2/h2-4H2,1H3;3-5H2,1-2H3;2H,1H3. The number of halogens is 5. The summed E-state index contributed by atoms with van der Waals surface area (Å²) in [5.41, 5.74) is -1.47. The number of hydrogen-bond donors (Lipinski definition) is 1. The van der Waals surface area contributed by atoms with Crippen molar-refractivity contribution in [2.45, 2.75) is 13.8 Å². The molecule has 0 atom stereocenters. The highest BCUT2D eigenvalue weighted by Crippen LogP contribution is 2.30. The second kappa shape index (κ2) is 14.9. The molecule has 0 saturated carbocycles. The van der Waals surface area contributed by atoms with Gasteiger partial charge in [0.25, 0.3) is 0 Å². The van der Waals surface area contributed by atoms with Crippen molar-refractivity contribution in [3.05, 3.63) is 29.1 Å². The lowest BCUT2D eigenvalue weighted by Crippen LogP contribution is -2.41. The molecule has 0 bridgehead atoms. The van der Waals surface area contributed by atoms with Gasteiger partial charge in [0.1, 0.15) is 39.6 Å². The van der Waals surface area contributed by atoms with Crippen LogP contribution in [0.5, 0.6) is 5.75 Å². The molecule has 2 heterocycles. The molecule has 1 aromatic rings. The molecule has 3 rings (SSSR count). The average molecular weight is 592 g/mol. The summed E-state index contributed by atoms with van der Waals surface area (Å²) in [7, 11) is 2.22. The molecular formula is C22H25F5O13. The summed E-state index contributed by atoms with van der Waals surface area (Å²) in [5.74, 6) is -13.3. The van der Waals surface area contributed by atoms with Crippen molar-refractivity contribution in [3.63, 3.8) is 0 Å². The first-order valence-corrected chi connectivity index (χ1v) is 10.8. The highest BCUT2D eigenvalue weighted by atomic mass is 19.2. The second-order valence-corrected chi connectivity index (χ2v) is 8.56. The van der Waals surface area contributed by atoms with Crippen LogP contribution < -0.4 is 4.74 Å². The Balaban J connectivity index is 0.000000425. The molecule has 2 aliphatic rings. The molecule has 13 nitrogen and oxygen atoms in total. The van der Waals surface area contributed by atoms with Gasteiger partial charge in [0.2, 0.25) is 34.8 Å². The number of carbonyl (C=O) groups is 4. The van der Waals surface area contributed by atoms with Crippen LogP contribution in [0.2, 0.25) is 0 Å². The Bertz CT molecular complexity index is 1030. The molecule has 18 heteroatoms. The van der Waals surface area contributed by atoms with Crippen molar-refractivity contribution < 1.29 is 84.1 Å². The molecule has 0 unspecified atom stereocenters. The third-order valence-electron chi connectivity index (χ3n) is 4.75. The predicted molar refractivity (Wildman–Crippen MR) is 116 cm³/mol. The number of cyclic esters (lactones) is 4. The SMILES string of the molecule is CC1(COC(=O)Oc2c(F)c(F)c(F)c(F)c2F)COC(=O)OC1.CO.COC(=O)OCC1(C)COC(=O)OC1. The predicted octanol–water partition coefficient (Wildman–Crippen LogP) is 3.62. The molecule has 2 aliphatic heterocycles.